The summed E-state index contributed by atoms with van der Waals surface area (Å²) in [6.45, 7) is 3.73. The van der Waals surface area contributed by atoms with Gasteiger partial charge in [-0.1, -0.05) is 59.8 Å². The molecule has 0 radical (unpaired) electrons. The Hall–Kier alpha value is -3.52. The topological polar surface area (TPSA) is 95.3 Å². The fourth-order valence-corrected chi connectivity index (χ4v) is 4.01. The summed E-state index contributed by atoms with van der Waals surface area (Å²) in [5.74, 6) is -0.657. The average Bonchev–Trinajstić information content (AvgIpc) is 3.24. The van der Waals surface area contributed by atoms with Gasteiger partial charge in [-0.3, -0.25) is 14.3 Å². The third-order valence-corrected chi connectivity index (χ3v) is 5.81. The van der Waals surface area contributed by atoms with Crippen LogP contribution in [0.15, 0.2) is 60.8 Å². The van der Waals surface area contributed by atoms with Gasteiger partial charge in [-0.05, 0) is 43.4 Å². The number of nitrogens with one attached hydrogen (secondary N) is 1. The average molecular weight is 449 g/mol. The van der Waals surface area contributed by atoms with E-state index in [4.69, 9.17) is 9.47 Å². The molecule has 2 heterocycles. The van der Waals surface area contributed by atoms with Crippen LogP contribution in [0.3, 0.4) is 0 Å². The molecule has 8 heteroatoms. The van der Waals surface area contributed by atoms with Crippen LogP contribution in [0.2, 0.25) is 0 Å². The van der Waals surface area contributed by atoms with Gasteiger partial charge in [-0.15, -0.1) is 5.10 Å². The van der Waals surface area contributed by atoms with Crippen LogP contribution in [0.25, 0.3) is 11.1 Å². The quantitative estimate of drug-likeness (QED) is 0.558. The molecule has 0 spiro atoms. The van der Waals surface area contributed by atoms with Crippen LogP contribution < -0.4 is 5.32 Å². The lowest BCUT2D eigenvalue weighted by Crippen LogP contribution is -2.49. The first-order chi connectivity index (χ1) is 15.8. The van der Waals surface area contributed by atoms with Crippen LogP contribution in [0.4, 0.5) is 0 Å². The number of aryl methyl sites for hydroxylation is 1. The van der Waals surface area contributed by atoms with Gasteiger partial charge in [0.15, 0.2) is 12.0 Å². The van der Waals surface area contributed by atoms with Crippen LogP contribution in [-0.2, 0) is 27.7 Å². The number of hydrogen-bond acceptors (Lipinski definition) is 6. The van der Waals surface area contributed by atoms with Crippen LogP contribution in [0.1, 0.15) is 36.3 Å². The highest BCUT2D eigenvalue weighted by Crippen LogP contribution is 2.32. The Kier molecular flexibility index (Phi) is 6.55. The van der Waals surface area contributed by atoms with E-state index in [-0.39, 0.29) is 30.2 Å². The summed E-state index contributed by atoms with van der Waals surface area (Å²) in [4.78, 5) is 25.4. The highest BCUT2D eigenvalue weighted by molar-refractivity contribution is 5.92. The van der Waals surface area contributed by atoms with E-state index in [2.05, 4.69) is 39.9 Å². The molecule has 1 aliphatic rings. The van der Waals surface area contributed by atoms with E-state index in [0.717, 1.165) is 16.7 Å². The Balaban J connectivity index is 1.53. The van der Waals surface area contributed by atoms with E-state index < -0.39 is 11.7 Å². The number of benzene rings is 2. The van der Waals surface area contributed by atoms with E-state index in [1.54, 1.807) is 27.1 Å². The standard InChI is InChI=1S/C25H28N4O4/c1-17-32-16-25(2,24(31)33-17)14-21(26-23(30)22-15-29(3)28-27-22)13-18-9-11-20(12-10-18)19-7-5-4-6-8-19/h4-12,15,17,21H,13-14,16H2,1-3H3,(H,26,30)/t17-,21+,25-/m0/s1. The summed E-state index contributed by atoms with van der Waals surface area (Å²) >= 11 is 0. The Morgan fingerprint density at radius 2 is 1.88 bits per heavy atom. The largest absolute Gasteiger partial charge is 0.436 e. The molecule has 172 valence electrons. The second-order valence-electron chi connectivity index (χ2n) is 8.76. The summed E-state index contributed by atoms with van der Waals surface area (Å²) in [7, 11) is 1.70. The van der Waals surface area contributed by atoms with E-state index in [0.29, 0.717) is 12.8 Å². The van der Waals surface area contributed by atoms with Crippen molar-refractivity contribution in [1.29, 1.82) is 0 Å². The minimum atomic E-state index is -0.864. The van der Waals surface area contributed by atoms with Gasteiger partial charge in [-0.25, -0.2) is 0 Å². The van der Waals surface area contributed by atoms with Crippen LogP contribution in [0, 0.1) is 5.41 Å². The zero-order valence-electron chi connectivity index (χ0n) is 19.0. The third kappa shape index (κ3) is 5.46. The van der Waals surface area contributed by atoms with Gasteiger partial charge in [0.05, 0.1) is 18.2 Å². The third-order valence-electron chi connectivity index (χ3n) is 5.81. The van der Waals surface area contributed by atoms with Gasteiger partial charge in [0.1, 0.15) is 0 Å². The summed E-state index contributed by atoms with van der Waals surface area (Å²) in [5.41, 5.74) is 2.66. The molecule has 0 saturated carbocycles. The molecular weight excluding hydrogens is 420 g/mol. The van der Waals surface area contributed by atoms with Crippen molar-refractivity contribution in [2.45, 2.75) is 39.0 Å². The SMILES string of the molecule is C[C@H]1OC[C@](C)(C[C@@H](Cc2ccc(-c3ccccc3)cc2)NC(=O)c2cn(C)nn2)C(=O)O1. The van der Waals surface area contributed by atoms with Crippen molar-refractivity contribution >= 4 is 11.9 Å². The number of carbonyl (C=O) groups is 2. The second kappa shape index (κ2) is 9.54. The minimum Gasteiger partial charge on any atom is -0.436 e. The van der Waals surface area contributed by atoms with Gasteiger partial charge in [0.25, 0.3) is 5.91 Å². The lowest BCUT2D eigenvalue weighted by atomic mass is 9.82. The molecule has 0 bridgehead atoms. The van der Waals surface area contributed by atoms with Crippen LogP contribution in [-0.4, -0.2) is 45.8 Å². The van der Waals surface area contributed by atoms with E-state index in [9.17, 15) is 9.59 Å². The van der Waals surface area contributed by atoms with Crippen molar-refractivity contribution in [3.05, 3.63) is 72.1 Å². The van der Waals surface area contributed by atoms with Crippen LogP contribution >= 0.6 is 0 Å². The van der Waals surface area contributed by atoms with Gasteiger partial charge in [0, 0.05) is 13.1 Å². The molecule has 1 amide bonds. The molecule has 2 aromatic carbocycles. The summed E-state index contributed by atoms with van der Waals surface area (Å²) in [6.07, 6.45) is 1.90. The van der Waals surface area contributed by atoms with E-state index >= 15 is 0 Å². The minimum absolute atomic E-state index is 0.225. The summed E-state index contributed by atoms with van der Waals surface area (Å²) in [6, 6.07) is 18.0. The number of rotatable bonds is 7. The van der Waals surface area contributed by atoms with Gasteiger partial charge in [-0.2, -0.15) is 0 Å². The Morgan fingerprint density at radius 1 is 1.18 bits per heavy atom. The number of nitrogens with zero attached hydrogens (tertiary/aromatic N) is 3. The van der Waals surface area contributed by atoms with Crippen molar-refractivity contribution in [2.75, 3.05) is 6.61 Å². The molecule has 0 aliphatic carbocycles. The Bertz CT molecular complexity index is 1110. The van der Waals surface area contributed by atoms with Crippen molar-refractivity contribution < 1.29 is 19.1 Å². The Morgan fingerprint density at radius 3 is 2.52 bits per heavy atom. The number of esters is 1. The first-order valence-electron chi connectivity index (χ1n) is 11.0. The maximum absolute atomic E-state index is 12.8. The normalized spacial score (nSPS) is 21.3. The van der Waals surface area contributed by atoms with Crippen molar-refractivity contribution in [1.82, 2.24) is 20.3 Å². The number of amides is 1. The number of aromatic nitrogens is 3. The van der Waals surface area contributed by atoms with Gasteiger partial charge < -0.3 is 14.8 Å². The highest BCUT2D eigenvalue weighted by atomic mass is 16.7. The zero-order valence-corrected chi connectivity index (χ0v) is 19.0. The fourth-order valence-electron chi connectivity index (χ4n) is 4.01. The number of hydrogen-bond donors (Lipinski definition) is 1. The smallest absolute Gasteiger partial charge is 0.316 e. The predicted octanol–water partition coefficient (Wildman–Crippen LogP) is 3.14. The molecule has 1 N–H and O–H groups in total. The monoisotopic (exact) mass is 448 g/mol. The molecule has 1 saturated heterocycles. The van der Waals surface area contributed by atoms with E-state index in [1.165, 1.54) is 4.68 Å². The first-order valence-corrected chi connectivity index (χ1v) is 11.0. The first kappa shape index (κ1) is 22.7. The molecule has 1 fully saturated rings. The van der Waals surface area contributed by atoms with Crippen LogP contribution in [0.5, 0.6) is 0 Å². The molecule has 8 nitrogen and oxygen atoms in total. The fraction of sp³-hybridized carbons (Fsp3) is 0.360. The number of cyclic esters (lactones) is 1. The highest BCUT2D eigenvalue weighted by Gasteiger charge is 2.42. The number of carbonyl (C=O) groups excluding carboxylic acids is 2. The van der Waals surface area contributed by atoms with Crippen molar-refractivity contribution in [3.8, 4) is 11.1 Å². The lowest BCUT2D eigenvalue weighted by Gasteiger charge is -2.36. The molecule has 0 unspecified atom stereocenters. The Labute approximate surface area is 192 Å². The number of ether oxygens (including phenoxy) is 2. The zero-order chi connectivity index (χ0) is 23.4. The molecule has 1 aliphatic heterocycles. The summed E-state index contributed by atoms with van der Waals surface area (Å²) < 4.78 is 12.4. The van der Waals surface area contributed by atoms with Gasteiger partial charge >= 0.3 is 5.97 Å². The summed E-state index contributed by atoms with van der Waals surface area (Å²) in [5, 5.41) is 10.8. The maximum atomic E-state index is 12.8. The second-order valence-corrected chi connectivity index (χ2v) is 8.76. The maximum Gasteiger partial charge on any atom is 0.316 e. The predicted molar refractivity (Wildman–Crippen MR) is 122 cm³/mol. The van der Waals surface area contributed by atoms with Crippen molar-refractivity contribution in [3.63, 3.8) is 0 Å². The van der Waals surface area contributed by atoms with Crippen molar-refractivity contribution in [2.24, 2.45) is 12.5 Å². The molecule has 33 heavy (non-hydrogen) atoms. The molecular formula is C25H28N4O4. The molecule has 3 aromatic rings. The van der Waals surface area contributed by atoms with Gasteiger partial charge in [0.2, 0.25) is 0 Å². The lowest BCUT2D eigenvalue weighted by molar-refractivity contribution is -0.219. The molecule has 3 atom stereocenters. The van der Waals surface area contributed by atoms with E-state index in [1.807, 2.05) is 30.3 Å². The molecule has 4 rings (SSSR count). The molecule has 1 aromatic heterocycles.